The third-order valence-electron chi connectivity index (χ3n) is 3.68. The fraction of sp³-hybridized carbons (Fsp3) is 0.316. The molecule has 2 aromatic carbocycles. The van der Waals surface area contributed by atoms with E-state index in [-0.39, 0.29) is 24.2 Å². The van der Waals surface area contributed by atoms with Gasteiger partial charge in [0.05, 0.1) is 0 Å². The van der Waals surface area contributed by atoms with Crippen molar-refractivity contribution < 1.29 is 9.53 Å². The number of benzene rings is 2. The lowest BCUT2D eigenvalue weighted by Crippen LogP contribution is -2.32. The van der Waals surface area contributed by atoms with Gasteiger partial charge in [-0.2, -0.15) is 0 Å². The van der Waals surface area contributed by atoms with Gasteiger partial charge in [-0.1, -0.05) is 48.9 Å². The van der Waals surface area contributed by atoms with E-state index in [1.165, 1.54) is 5.56 Å². The van der Waals surface area contributed by atoms with Gasteiger partial charge in [0.25, 0.3) is 0 Å². The fourth-order valence-electron chi connectivity index (χ4n) is 2.14. The molecule has 0 aliphatic rings. The number of ether oxygens (including phenoxy) is 1. The Morgan fingerprint density at radius 3 is 2.50 bits per heavy atom. The Balaban J connectivity index is 0.00000288. The molecule has 0 saturated heterocycles. The first-order valence-electron chi connectivity index (χ1n) is 7.83. The summed E-state index contributed by atoms with van der Waals surface area (Å²) in [4.78, 5) is 11.7. The Bertz CT molecular complexity index is 644. The number of hydrogen-bond acceptors (Lipinski definition) is 3. The molecule has 0 heterocycles. The number of aryl methyl sites for hydroxylation is 1. The molecule has 24 heavy (non-hydrogen) atoms. The van der Waals surface area contributed by atoms with Crippen LogP contribution in [0.5, 0.6) is 5.75 Å². The first kappa shape index (κ1) is 20.0. The van der Waals surface area contributed by atoms with E-state index < -0.39 is 0 Å². The molecule has 0 fully saturated rings. The van der Waals surface area contributed by atoms with Crippen LogP contribution in [0.4, 0.5) is 0 Å². The predicted octanol–water partition coefficient (Wildman–Crippen LogP) is 3.21. The molecule has 2 rings (SSSR count). The first-order chi connectivity index (χ1) is 11.1. The van der Waals surface area contributed by atoms with Crippen molar-refractivity contribution in [3.63, 3.8) is 0 Å². The van der Waals surface area contributed by atoms with E-state index in [0.717, 1.165) is 16.9 Å². The molecule has 3 N–H and O–H groups in total. The van der Waals surface area contributed by atoms with Gasteiger partial charge in [0, 0.05) is 19.0 Å². The lowest BCUT2D eigenvalue weighted by Gasteiger charge is -2.11. The lowest BCUT2D eigenvalue weighted by atomic mass is 10.1. The molecular formula is C19H25ClN2O2. The number of nitrogens with two attached hydrogens (primary N) is 1. The van der Waals surface area contributed by atoms with Gasteiger partial charge in [0.15, 0.2) is 0 Å². The normalized spacial score (nSPS) is 11.3. The van der Waals surface area contributed by atoms with Crippen LogP contribution in [0.3, 0.4) is 0 Å². The number of carbonyl (C=O) groups excluding carboxylic acids is 1. The first-order valence-corrected chi connectivity index (χ1v) is 7.83. The average Bonchev–Trinajstić information content (AvgIpc) is 2.58. The van der Waals surface area contributed by atoms with Crippen molar-refractivity contribution in [3.8, 4) is 5.75 Å². The molecule has 1 atom stereocenters. The summed E-state index contributed by atoms with van der Waals surface area (Å²) in [5.41, 5.74) is 8.88. The van der Waals surface area contributed by atoms with Crippen molar-refractivity contribution >= 4 is 18.3 Å². The van der Waals surface area contributed by atoms with Crippen LogP contribution in [0.15, 0.2) is 48.5 Å². The zero-order valence-electron chi connectivity index (χ0n) is 14.1. The molecule has 0 saturated carbocycles. The Morgan fingerprint density at radius 2 is 1.88 bits per heavy atom. The quantitative estimate of drug-likeness (QED) is 0.807. The SMILES string of the molecule is Cc1cccc(COc2ccc(CNC(=O)C(C)CN)cc2)c1.Cl. The average molecular weight is 349 g/mol. The summed E-state index contributed by atoms with van der Waals surface area (Å²) >= 11 is 0. The molecule has 0 bridgehead atoms. The molecule has 0 aliphatic heterocycles. The summed E-state index contributed by atoms with van der Waals surface area (Å²) in [6.07, 6.45) is 0. The molecule has 0 aliphatic carbocycles. The summed E-state index contributed by atoms with van der Waals surface area (Å²) in [5, 5.41) is 2.87. The van der Waals surface area contributed by atoms with Crippen molar-refractivity contribution in [1.82, 2.24) is 5.32 Å². The number of hydrogen-bond donors (Lipinski definition) is 2. The van der Waals surface area contributed by atoms with Gasteiger partial charge in [-0.3, -0.25) is 4.79 Å². The van der Waals surface area contributed by atoms with Gasteiger partial charge in [-0.05, 0) is 30.2 Å². The van der Waals surface area contributed by atoms with Crippen LogP contribution in [0.1, 0.15) is 23.6 Å². The van der Waals surface area contributed by atoms with Crippen LogP contribution in [0.2, 0.25) is 0 Å². The summed E-state index contributed by atoms with van der Waals surface area (Å²) in [7, 11) is 0. The van der Waals surface area contributed by atoms with Crippen LogP contribution >= 0.6 is 12.4 Å². The summed E-state index contributed by atoms with van der Waals surface area (Å²) < 4.78 is 5.78. The van der Waals surface area contributed by atoms with E-state index in [4.69, 9.17) is 10.5 Å². The van der Waals surface area contributed by atoms with E-state index in [1.54, 1.807) is 0 Å². The van der Waals surface area contributed by atoms with Crippen molar-refractivity contribution in [1.29, 1.82) is 0 Å². The second-order valence-electron chi connectivity index (χ2n) is 5.78. The van der Waals surface area contributed by atoms with E-state index in [0.29, 0.717) is 19.7 Å². The van der Waals surface area contributed by atoms with Crippen LogP contribution in [-0.2, 0) is 17.9 Å². The van der Waals surface area contributed by atoms with Gasteiger partial charge in [0.2, 0.25) is 5.91 Å². The van der Waals surface area contributed by atoms with E-state index in [1.807, 2.05) is 37.3 Å². The fourth-order valence-corrected chi connectivity index (χ4v) is 2.14. The number of rotatable bonds is 7. The summed E-state index contributed by atoms with van der Waals surface area (Å²) in [6.45, 7) is 5.29. The molecule has 130 valence electrons. The van der Waals surface area contributed by atoms with Crippen LogP contribution in [-0.4, -0.2) is 12.5 Å². The zero-order valence-corrected chi connectivity index (χ0v) is 14.9. The number of nitrogens with one attached hydrogen (secondary N) is 1. The van der Waals surface area contributed by atoms with Gasteiger partial charge in [-0.15, -0.1) is 12.4 Å². The molecule has 0 spiro atoms. The van der Waals surface area contributed by atoms with Crippen LogP contribution in [0.25, 0.3) is 0 Å². The second kappa shape index (κ2) is 9.96. The maximum atomic E-state index is 11.7. The predicted molar refractivity (Wildman–Crippen MR) is 99.3 cm³/mol. The Labute approximate surface area is 149 Å². The van der Waals surface area contributed by atoms with Crippen molar-refractivity contribution in [3.05, 3.63) is 65.2 Å². The van der Waals surface area contributed by atoms with Crippen LogP contribution in [0, 0.1) is 12.8 Å². The third kappa shape index (κ3) is 6.22. The minimum atomic E-state index is -0.160. The number of amides is 1. The van der Waals surface area contributed by atoms with Gasteiger partial charge in [0.1, 0.15) is 12.4 Å². The highest BCUT2D eigenvalue weighted by Gasteiger charge is 2.09. The molecule has 4 nitrogen and oxygen atoms in total. The lowest BCUT2D eigenvalue weighted by molar-refractivity contribution is -0.124. The molecule has 1 amide bonds. The molecule has 5 heteroatoms. The number of halogens is 1. The zero-order chi connectivity index (χ0) is 16.7. The van der Waals surface area contributed by atoms with Crippen molar-refractivity contribution in [2.75, 3.05) is 6.54 Å². The molecule has 2 aromatic rings. The standard InChI is InChI=1S/C19H24N2O2.ClH/c1-14-4-3-5-17(10-14)13-23-18-8-6-16(7-9-18)12-21-19(22)15(2)11-20;/h3-10,15H,11-13,20H2,1-2H3,(H,21,22);1H. The Morgan fingerprint density at radius 1 is 1.17 bits per heavy atom. The Hall–Kier alpha value is -2.04. The topological polar surface area (TPSA) is 64.3 Å². The third-order valence-corrected chi connectivity index (χ3v) is 3.68. The maximum absolute atomic E-state index is 11.7. The van der Waals surface area contributed by atoms with Gasteiger partial charge < -0.3 is 15.8 Å². The highest BCUT2D eigenvalue weighted by molar-refractivity contribution is 5.85. The molecule has 0 radical (unpaired) electrons. The minimum absolute atomic E-state index is 0. The van der Waals surface area contributed by atoms with Crippen molar-refractivity contribution in [2.45, 2.75) is 27.0 Å². The molecule has 0 aromatic heterocycles. The smallest absolute Gasteiger partial charge is 0.224 e. The monoisotopic (exact) mass is 348 g/mol. The van der Waals surface area contributed by atoms with Gasteiger partial charge in [-0.25, -0.2) is 0 Å². The molecule has 1 unspecified atom stereocenters. The summed E-state index contributed by atoms with van der Waals surface area (Å²) in [6, 6.07) is 16.0. The highest BCUT2D eigenvalue weighted by Crippen LogP contribution is 2.15. The van der Waals surface area contributed by atoms with Gasteiger partial charge >= 0.3 is 0 Å². The van der Waals surface area contributed by atoms with Crippen LogP contribution < -0.4 is 15.8 Å². The second-order valence-corrected chi connectivity index (χ2v) is 5.78. The van der Waals surface area contributed by atoms with Crippen molar-refractivity contribution in [2.24, 2.45) is 11.7 Å². The highest BCUT2D eigenvalue weighted by atomic mass is 35.5. The number of carbonyl (C=O) groups is 1. The maximum Gasteiger partial charge on any atom is 0.224 e. The van der Waals surface area contributed by atoms with E-state index in [2.05, 4.69) is 30.4 Å². The van der Waals surface area contributed by atoms with E-state index in [9.17, 15) is 4.79 Å². The largest absolute Gasteiger partial charge is 0.489 e. The minimum Gasteiger partial charge on any atom is -0.489 e. The summed E-state index contributed by atoms with van der Waals surface area (Å²) in [5.74, 6) is 0.635. The molecular weight excluding hydrogens is 324 g/mol. The van der Waals surface area contributed by atoms with E-state index >= 15 is 0 Å². The Kier molecular flexibility index (Phi) is 8.30.